The van der Waals surface area contributed by atoms with Crippen LogP contribution in [0.2, 0.25) is 0 Å². The molecule has 1 N–H and O–H groups in total. The van der Waals surface area contributed by atoms with Crippen LogP contribution in [-0.4, -0.2) is 15.7 Å². The zero-order valence-corrected chi connectivity index (χ0v) is 16.9. The van der Waals surface area contributed by atoms with Gasteiger partial charge in [-0.15, -0.1) is 0 Å². The summed E-state index contributed by atoms with van der Waals surface area (Å²) in [4.78, 5) is 37.2. The minimum atomic E-state index is -0.564. The second-order valence-electron chi connectivity index (χ2n) is 7.77. The van der Waals surface area contributed by atoms with Gasteiger partial charge in [0, 0.05) is 6.07 Å². The zero-order valence-electron chi connectivity index (χ0n) is 16.9. The Hall–Kier alpha value is -3.74. The van der Waals surface area contributed by atoms with Gasteiger partial charge in [0.2, 0.25) is 5.71 Å². The summed E-state index contributed by atoms with van der Waals surface area (Å²) in [6.45, 7) is 0. The molecule has 0 bridgehead atoms. The van der Waals surface area contributed by atoms with Crippen molar-refractivity contribution < 1.29 is 9.25 Å². The van der Waals surface area contributed by atoms with Crippen LogP contribution >= 0.6 is 0 Å². The summed E-state index contributed by atoms with van der Waals surface area (Å²) in [5.41, 5.74) is 1.47. The number of fused-ring (bicyclic) bond motifs is 2. The van der Waals surface area contributed by atoms with Gasteiger partial charge in [0.15, 0.2) is 0 Å². The fourth-order valence-corrected chi connectivity index (χ4v) is 4.12. The first-order valence-electron chi connectivity index (χ1n) is 10.4. The van der Waals surface area contributed by atoms with Crippen molar-refractivity contribution in [3.8, 4) is 6.01 Å². The Morgan fingerprint density at radius 3 is 2.68 bits per heavy atom. The van der Waals surface area contributed by atoms with E-state index in [0.717, 1.165) is 47.7 Å². The van der Waals surface area contributed by atoms with Gasteiger partial charge in [-0.1, -0.05) is 54.0 Å². The third-order valence-electron chi connectivity index (χ3n) is 5.63. The lowest BCUT2D eigenvalue weighted by Crippen LogP contribution is -2.15. The molecule has 0 aliphatic heterocycles. The van der Waals surface area contributed by atoms with E-state index in [0.29, 0.717) is 12.0 Å². The highest BCUT2D eigenvalue weighted by Gasteiger charge is 2.15. The maximum absolute atomic E-state index is 12.9. The summed E-state index contributed by atoms with van der Waals surface area (Å²) in [5, 5.41) is 6.52. The third-order valence-corrected chi connectivity index (χ3v) is 5.63. The molecule has 1 aliphatic carbocycles. The molecule has 0 radical (unpaired) electrons. The van der Waals surface area contributed by atoms with E-state index >= 15 is 0 Å². The molecule has 7 nitrogen and oxygen atoms in total. The zero-order chi connectivity index (χ0) is 21.2. The monoisotopic (exact) mass is 415 g/mol. The number of hydrogen-bond acceptors (Lipinski definition) is 6. The van der Waals surface area contributed by atoms with Crippen molar-refractivity contribution in [3.63, 3.8) is 0 Å². The molecule has 5 rings (SSSR count). The third kappa shape index (κ3) is 3.99. The average molecular weight is 415 g/mol. The van der Waals surface area contributed by atoms with Crippen LogP contribution in [0.15, 0.2) is 67.7 Å². The number of H-pyrrole nitrogens is 1. The Labute approximate surface area is 177 Å². The fraction of sp³-hybridized carbons (Fsp3) is 0.250. The van der Waals surface area contributed by atoms with E-state index in [2.05, 4.69) is 15.1 Å². The smallest absolute Gasteiger partial charge is 0.337 e. The van der Waals surface area contributed by atoms with Crippen molar-refractivity contribution in [1.82, 2.24) is 9.97 Å². The van der Waals surface area contributed by atoms with Crippen molar-refractivity contribution in [2.24, 2.45) is 5.16 Å². The second kappa shape index (κ2) is 8.18. The lowest BCUT2D eigenvalue weighted by molar-refractivity contribution is 0.307. The number of aromatic nitrogens is 2. The van der Waals surface area contributed by atoms with E-state index in [1.54, 1.807) is 0 Å². The maximum atomic E-state index is 12.9. The summed E-state index contributed by atoms with van der Waals surface area (Å²) >= 11 is 0. The van der Waals surface area contributed by atoms with E-state index in [4.69, 9.17) is 9.25 Å². The lowest BCUT2D eigenvalue weighted by Gasteiger charge is -2.11. The van der Waals surface area contributed by atoms with Crippen molar-refractivity contribution in [2.75, 3.05) is 0 Å². The molecule has 4 aromatic rings. The van der Waals surface area contributed by atoms with Gasteiger partial charge in [-0.2, -0.15) is 4.98 Å². The first kappa shape index (κ1) is 19.2. The minimum Gasteiger partial charge on any atom is -0.403 e. The van der Waals surface area contributed by atoms with E-state index in [9.17, 15) is 9.59 Å². The standard InChI is InChI=1S/C24H21N3O4/c28-20-14-17(13-16-9-6-8-15-7-4-5-12-19(15)16)21-22(29)25-24(26-23(21)30-20)31-27-18-10-2-1-3-11-18/h4-9,12,14H,1-3,10-11,13H2,(H,25,26,29). The molecule has 0 atom stereocenters. The molecule has 1 aliphatic rings. The SMILES string of the molecule is O=c1cc(Cc2cccc3ccccc23)c2c(=O)[nH]c(ON=C3CCCCC3)nc2o1. The second-order valence-corrected chi connectivity index (χ2v) is 7.77. The van der Waals surface area contributed by atoms with Crippen LogP contribution in [0.3, 0.4) is 0 Å². The maximum Gasteiger partial charge on any atom is 0.337 e. The Morgan fingerprint density at radius 1 is 1.00 bits per heavy atom. The number of nitrogens with zero attached hydrogens (tertiary/aromatic N) is 2. The number of nitrogens with one attached hydrogen (secondary N) is 1. The van der Waals surface area contributed by atoms with E-state index in [-0.39, 0.29) is 17.1 Å². The number of hydrogen-bond donors (Lipinski definition) is 1. The topological polar surface area (TPSA) is 97.5 Å². The van der Waals surface area contributed by atoms with E-state index in [1.165, 1.54) is 12.5 Å². The average Bonchev–Trinajstić information content (AvgIpc) is 2.78. The summed E-state index contributed by atoms with van der Waals surface area (Å²) in [6, 6.07) is 15.2. The Morgan fingerprint density at radius 2 is 1.81 bits per heavy atom. The van der Waals surface area contributed by atoms with Crippen LogP contribution in [0.4, 0.5) is 0 Å². The molecule has 2 aromatic heterocycles. The minimum absolute atomic E-state index is 0.0506. The molecule has 156 valence electrons. The van der Waals surface area contributed by atoms with Gasteiger partial charge in [-0.05, 0) is 54.0 Å². The molecule has 0 amide bonds. The van der Waals surface area contributed by atoms with E-state index < -0.39 is 11.2 Å². The molecule has 0 unspecified atom stereocenters. The predicted octanol–water partition coefficient (Wildman–Crippen LogP) is 4.32. The summed E-state index contributed by atoms with van der Waals surface area (Å²) in [6.07, 6.45) is 5.50. The fourth-order valence-electron chi connectivity index (χ4n) is 4.12. The quantitative estimate of drug-likeness (QED) is 0.501. The molecule has 0 saturated heterocycles. The van der Waals surface area contributed by atoms with Gasteiger partial charge in [-0.3, -0.25) is 9.78 Å². The molecule has 31 heavy (non-hydrogen) atoms. The molecule has 2 heterocycles. The Bertz CT molecular complexity index is 1400. The van der Waals surface area contributed by atoms with Gasteiger partial charge in [0.05, 0.1) is 5.71 Å². The summed E-state index contributed by atoms with van der Waals surface area (Å²) < 4.78 is 5.23. The number of rotatable bonds is 4. The Kier molecular flexibility index (Phi) is 5.08. The molecule has 2 aromatic carbocycles. The highest BCUT2D eigenvalue weighted by molar-refractivity contribution is 5.87. The van der Waals surface area contributed by atoms with Crippen LogP contribution in [0.1, 0.15) is 43.2 Å². The highest BCUT2D eigenvalue weighted by atomic mass is 16.6. The number of oxime groups is 1. The first-order valence-corrected chi connectivity index (χ1v) is 10.4. The van der Waals surface area contributed by atoms with Crippen molar-refractivity contribution in [2.45, 2.75) is 38.5 Å². The molecule has 1 saturated carbocycles. The lowest BCUT2D eigenvalue weighted by atomic mass is 9.98. The Balaban J connectivity index is 1.55. The molecule has 0 spiro atoms. The van der Waals surface area contributed by atoms with E-state index in [1.807, 2.05) is 42.5 Å². The molecular weight excluding hydrogens is 394 g/mol. The largest absolute Gasteiger partial charge is 0.403 e. The van der Waals surface area contributed by atoms with Crippen LogP contribution in [0.25, 0.3) is 21.9 Å². The van der Waals surface area contributed by atoms with Crippen LogP contribution in [0.5, 0.6) is 6.01 Å². The number of aromatic amines is 1. The molecule has 7 heteroatoms. The van der Waals surface area contributed by atoms with Gasteiger partial charge in [0.25, 0.3) is 5.56 Å². The summed E-state index contributed by atoms with van der Waals surface area (Å²) in [7, 11) is 0. The van der Waals surface area contributed by atoms with Crippen LogP contribution < -0.4 is 16.0 Å². The summed E-state index contributed by atoms with van der Waals surface area (Å²) in [5.74, 6) is 0. The van der Waals surface area contributed by atoms with Crippen molar-refractivity contribution >= 4 is 27.6 Å². The van der Waals surface area contributed by atoms with Crippen molar-refractivity contribution in [3.05, 3.63) is 80.4 Å². The van der Waals surface area contributed by atoms with Crippen LogP contribution in [-0.2, 0) is 6.42 Å². The van der Waals surface area contributed by atoms with Gasteiger partial charge in [0.1, 0.15) is 5.39 Å². The number of benzene rings is 2. The molecular formula is C24H21N3O4. The van der Waals surface area contributed by atoms with Crippen LogP contribution in [0, 0.1) is 0 Å². The van der Waals surface area contributed by atoms with Crippen molar-refractivity contribution in [1.29, 1.82) is 0 Å². The van der Waals surface area contributed by atoms with Gasteiger partial charge < -0.3 is 9.25 Å². The molecule has 1 fully saturated rings. The van der Waals surface area contributed by atoms with Gasteiger partial charge in [-0.25, -0.2) is 4.79 Å². The first-order chi connectivity index (χ1) is 15.2. The normalized spacial score (nSPS) is 14.1. The highest BCUT2D eigenvalue weighted by Crippen LogP contribution is 2.23. The predicted molar refractivity (Wildman–Crippen MR) is 119 cm³/mol. The van der Waals surface area contributed by atoms with Gasteiger partial charge >= 0.3 is 11.6 Å².